The van der Waals surface area contributed by atoms with Crippen molar-refractivity contribution < 1.29 is 13.7 Å². The van der Waals surface area contributed by atoms with E-state index in [4.69, 9.17) is 9.47 Å². The zero-order chi connectivity index (χ0) is 12.8. The Balaban J connectivity index is 1.94. The van der Waals surface area contributed by atoms with Gasteiger partial charge in [-0.25, -0.2) is 0 Å². The Morgan fingerprint density at radius 3 is 2.78 bits per heavy atom. The molecule has 1 unspecified atom stereocenters. The van der Waals surface area contributed by atoms with Crippen LogP contribution in [0.2, 0.25) is 0 Å². The van der Waals surface area contributed by atoms with Gasteiger partial charge in [-0.1, -0.05) is 6.92 Å². The fourth-order valence-corrected chi connectivity index (χ4v) is 2.77. The van der Waals surface area contributed by atoms with Gasteiger partial charge in [-0.05, 0) is 25.1 Å². The minimum atomic E-state index is -0.983. The van der Waals surface area contributed by atoms with Crippen molar-refractivity contribution >= 4 is 10.8 Å². The van der Waals surface area contributed by atoms with Gasteiger partial charge in [0.2, 0.25) is 0 Å². The molecule has 18 heavy (non-hydrogen) atoms. The third-order valence-electron chi connectivity index (χ3n) is 2.67. The third-order valence-corrected chi connectivity index (χ3v) is 4.02. The second kappa shape index (κ2) is 6.75. The molecule has 1 N–H and O–H groups in total. The summed E-state index contributed by atoms with van der Waals surface area (Å²) in [7, 11) is -0.983. The van der Waals surface area contributed by atoms with Gasteiger partial charge in [0.05, 0.1) is 10.8 Å². The molecule has 1 atom stereocenters. The highest BCUT2D eigenvalue weighted by molar-refractivity contribution is 7.85. The molecule has 0 saturated heterocycles. The summed E-state index contributed by atoms with van der Waals surface area (Å²) in [6.45, 7) is 5.00. The van der Waals surface area contributed by atoms with Crippen LogP contribution in [0.1, 0.15) is 13.3 Å². The summed E-state index contributed by atoms with van der Waals surface area (Å²) in [5, 5.41) is 3.25. The molecule has 1 heterocycles. The molecule has 0 fully saturated rings. The van der Waals surface area contributed by atoms with Crippen molar-refractivity contribution in [2.24, 2.45) is 0 Å². The molecule has 2 rings (SSSR count). The van der Waals surface area contributed by atoms with Crippen LogP contribution in [0.3, 0.4) is 0 Å². The predicted molar refractivity (Wildman–Crippen MR) is 71.9 cm³/mol. The quantitative estimate of drug-likeness (QED) is 0.796. The van der Waals surface area contributed by atoms with E-state index in [1.165, 1.54) is 0 Å². The summed E-state index contributed by atoms with van der Waals surface area (Å²) in [4.78, 5) is 0.803. The number of fused-ring (bicyclic) bond motifs is 1. The predicted octanol–water partition coefficient (Wildman–Crippen LogP) is 1.56. The van der Waals surface area contributed by atoms with E-state index in [2.05, 4.69) is 12.2 Å². The van der Waals surface area contributed by atoms with E-state index < -0.39 is 10.8 Å². The molecule has 100 valence electrons. The summed E-state index contributed by atoms with van der Waals surface area (Å²) in [6, 6.07) is 5.51. The molecule has 1 aliphatic rings. The maximum absolute atomic E-state index is 12.1. The monoisotopic (exact) mass is 269 g/mol. The number of hydrogen-bond donors (Lipinski definition) is 1. The van der Waals surface area contributed by atoms with Gasteiger partial charge in [-0.3, -0.25) is 4.21 Å². The molecule has 0 amide bonds. The molecule has 1 aromatic carbocycles. The maximum atomic E-state index is 12.1. The SMILES string of the molecule is CCCNCCS(=O)c1ccc2c(c1)OCCO2. The molecular weight excluding hydrogens is 250 g/mol. The van der Waals surface area contributed by atoms with Crippen molar-refractivity contribution in [2.75, 3.05) is 32.1 Å². The van der Waals surface area contributed by atoms with Gasteiger partial charge in [0, 0.05) is 23.3 Å². The summed E-state index contributed by atoms with van der Waals surface area (Å²) < 4.78 is 23.0. The Bertz CT molecular complexity index is 423. The van der Waals surface area contributed by atoms with Crippen LogP contribution >= 0.6 is 0 Å². The first-order chi connectivity index (χ1) is 8.81. The lowest BCUT2D eigenvalue weighted by molar-refractivity contribution is 0.171. The van der Waals surface area contributed by atoms with Crippen LogP contribution in [0.5, 0.6) is 11.5 Å². The Labute approximate surface area is 110 Å². The average molecular weight is 269 g/mol. The zero-order valence-corrected chi connectivity index (χ0v) is 11.4. The van der Waals surface area contributed by atoms with Gasteiger partial charge < -0.3 is 14.8 Å². The smallest absolute Gasteiger partial charge is 0.162 e. The molecule has 0 radical (unpaired) electrons. The van der Waals surface area contributed by atoms with Gasteiger partial charge in [0.25, 0.3) is 0 Å². The molecule has 0 aromatic heterocycles. The molecule has 0 bridgehead atoms. The van der Waals surface area contributed by atoms with Crippen molar-refractivity contribution in [1.29, 1.82) is 0 Å². The molecular formula is C13H19NO3S. The number of benzene rings is 1. The standard InChI is InChI=1S/C13H19NO3S/c1-2-5-14-6-9-18(15)11-3-4-12-13(10-11)17-8-7-16-12/h3-4,10,14H,2,5-9H2,1H3. The molecule has 0 aliphatic carbocycles. The second-order valence-electron chi connectivity index (χ2n) is 4.11. The Hall–Kier alpha value is -1.07. The lowest BCUT2D eigenvalue weighted by Crippen LogP contribution is -2.21. The minimum Gasteiger partial charge on any atom is -0.486 e. The zero-order valence-electron chi connectivity index (χ0n) is 10.6. The highest BCUT2D eigenvalue weighted by atomic mass is 32.2. The summed E-state index contributed by atoms with van der Waals surface area (Å²) in [5.74, 6) is 2.07. The maximum Gasteiger partial charge on any atom is 0.162 e. The Kier molecular flexibility index (Phi) is 5.01. The van der Waals surface area contributed by atoms with E-state index in [9.17, 15) is 4.21 Å². The first-order valence-corrected chi connectivity index (χ1v) is 7.62. The van der Waals surface area contributed by atoms with Crippen LogP contribution in [0.4, 0.5) is 0 Å². The lowest BCUT2D eigenvalue weighted by atomic mass is 10.3. The highest BCUT2D eigenvalue weighted by Gasteiger charge is 2.13. The van der Waals surface area contributed by atoms with Crippen molar-refractivity contribution in [3.05, 3.63) is 18.2 Å². The fourth-order valence-electron chi connectivity index (χ4n) is 1.75. The molecule has 4 nitrogen and oxygen atoms in total. The number of ether oxygens (including phenoxy) is 2. The van der Waals surface area contributed by atoms with E-state index in [0.29, 0.717) is 24.7 Å². The average Bonchev–Trinajstić information content (AvgIpc) is 2.43. The van der Waals surface area contributed by atoms with E-state index in [0.717, 1.165) is 30.2 Å². The molecule has 5 heteroatoms. The van der Waals surface area contributed by atoms with Crippen LogP contribution in [-0.2, 0) is 10.8 Å². The van der Waals surface area contributed by atoms with Gasteiger partial charge in [-0.2, -0.15) is 0 Å². The summed E-state index contributed by atoms with van der Waals surface area (Å²) in [6.07, 6.45) is 1.09. The fraction of sp³-hybridized carbons (Fsp3) is 0.538. The van der Waals surface area contributed by atoms with Crippen LogP contribution in [0, 0.1) is 0 Å². The first kappa shape index (κ1) is 13.4. The first-order valence-electron chi connectivity index (χ1n) is 6.30. The van der Waals surface area contributed by atoms with Gasteiger partial charge in [0.15, 0.2) is 11.5 Å². The molecule has 1 aromatic rings. The lowest BCUT2D eigenvalue weighted by Gasteiger charge is -2.18. The van der Waals surface area contributed by atoms with E-state index in [1.807, 2.05) is 18.2 Å². The minimum absolute atomic E-state index is 0.557. The second-order valence-corrected chi connectivity index (χ2v) is 5.68. The van der Waals surface area contributed by atoms with E-state index >= 15 is 0 Å². The Morgan fingerprint density at radius 1 is 1.22 bits per heavy atom. The number of rotatable bonds is 6. The number of hydrogen-bond acceptors (Lipinski definition) is 4. The normalized spacial score (nSPS) is 15.4. The van der Waals surface area contributed by atoms with Crippen molar-refractivity contribution in [3.8, 4) is 11.5 Å². The van der Waals surface area contributed by atoms with Crippen molar-refractivity contribution in [2.45, 2.75) is 18.2 Å². The highest BCUT2D eigenvalue weighted by Crippen LogP contribution is 2.31. The van der Waals surface area contributed by atoms with Gasteiger partial charge >= 0.3 is 0 Å². The van der Waals surface area contributed by atoms with Crippen LogP contribution in [0.25, 0.3) is 0 Å². The van der Waals surface area contributed by atoms with E-state index in [1.54, 1.807) is 0 Å². The van der Waals surface area contributed by atoms with Gasteiger partial charge in [0.1, 0.15) is 13.2 Å². The number of nitrogens with one attached hydrogen (secondary N) is 1. The third kappa shape index (κ3) is 3.46. The largest absolute Gasteiger partial charge is 0.486 e. The summed E-state index contributed by atoms with van der Waals surface area (Å²) in [5.41, 5.74) is 0. The molecule has 1 aliphatic heterocycles. The van der Waals surface area contributed by atoms with Crippen LogP contribution < -0.4 is 14.8 Å². The molecule has 0 saturated carbocycles. The van der Waals surface area contributed by atoms with Crippen molar-refractivity contribution in [3.63, 3.8) is 0 Å². The Morgan fingerprint density at radius 2 is 2.00 bits per heavy atom. The molecule has 0 spiro atoms. The van der Waals surface area contributed by atoms with Crippen molar-refractivity contribution in [1.82, 2.24) is 5.32 Å². The topological polar surface area (TPSA) is 47.6 Å². The summed E-state index contributed by atoms with van der Waals surface area (Å²) >= 11 is 0. The van der Waals surface area contributed by atoms with Crippen LogP contribution in [0.15, 0.2) is 23.1 Å². The van der Waals surface area contributed by atoms with Gasteiger partial charge in [-0.15, -0.1) is 0 Å². The van der Waals surface area contributed by atoms with Crippen LogP contribution in [-0.4, -0.2) is 36.3 Å². The van der Waals surface area contributed by atoms with E-state index in [-0.39, 0.29) is 0 Å².